The van der Waals surface area contributed by atoms with E-state index < -0.39 is 5.97 Å². The Kier molecular flexibility index (Phi) is 5.89. The van der Waals surface area contributed by atoms with Crippen LogP contribution in [0.2, 0.25) is 0 Å². The predicted molar refractivity (Wildman–Crippen MR) is 116 cm³/mol. The van der Waals surface area contributed by atoms with E-state index >= 15 is 0 Å². The highest BCUT2D eigenvalue weighted by molar-refractivity contribution is 6.21. The number of fused-ring (bicyclic) bond motifs is 1. The lowest BCUT2D eigenvalue weighted by atomic mass is 10.0. The average molecular weight is 436 g/mol. The Bertz CT molecular complexity index is 1080. The van der Waals surface area contributed by atoms with Crippen molar-refractivity contribution >= 4 is 29.5 Å². The summed E-state index contributed by atoms with van der Waals surface area (Å²) in [6.45, 7) is 4.43. The van der Waals surface area contributed by atoms with Gasteiger partial charge in [0.05, 0.1) is 23.3 Å². The molecule has 0 aliphatic carbocycles. The van der Waals surface area contributed by atoms with E-state index in [0.29, 0.717) is 42.9 Å². The van der Waals surface area contributed by atoms with E-state index in [9.17, 15) is 19.2 Å². The summed E-state index contributed by atoms with van der Waals surface area (Å²) in [5.41, 5.74) is 1.39. The normalized spacial score (nSPS) is 16.1. The minimum atomic E-state index is -0.403. The number of carbonyl (C=O) groups excluding carboxylic acids is 4. The zero-order chi connectivity index (χ0) is 22.8. The molecule has 1 aromatic heterocycles. The van der Waals surface area contributed by atoms with Crippen molar-refractivity contribution < 1.29 is 23.9 Å². The fourth-order valence-electron chi connectivity index (χ4n) is 3.93. The van der Waals surface area contributed by atoms with Crippen molar-refractivity contribution in [2.45, 2.75) is 13.3 Å². The molecule has 1 saturated heterocycles. The molecule has 0 N–H and O–H groups in total. The molecule has 0 unspecified atom stereocenters. The average Bonchev–Trinajstić information content (AvgIpc) is 2.99. The van der Waals surface area contributed by atoms with E-state index in [1.54, 1.807) is 36.1 Å². The number of benzene rings is 1. The zero-order valence-corrected chi connectivity index (χ0v) is 18.0. The number of rotatable bonds is 4. The summed E-state index contributed by atoms with van der Waals surface area (Å²) in [6.07, 6.45) is 2.25. The maximum atomic E-state index is 13.1. The second-order valence-electron chi connectivity index (χ2n) is 7.69. The Hall–Kier alpha value is -3.75. The van der Waals surface area contributed by atoms with Crippen LogP contribution in [0.15, 0.2) is 36.5 Å². The molecular formula is C23H24N4O5. The first kappa shape index (κ1) is 21.5. The van der Waals surface area contributed by atoms with Crippen molar-refractivity contribution in [2.24, 2.45) is 0 Å². The van der Waals surface area contributed by atoms with E-state index in [1.807, 2.05) is 0 Å². The molecular weight excluding hydrogens is 412 g/mol. The maximum Gasteiger partial charge on any atom is 0.339 e. The van der Waals surface area contributed by atoms with Gasteiger partial charge in [0, 0.05) is 45.0 Å². The van der Waals surface area contributed by atoms with Crippen LogP contribution in [-0.2, 0) is 4.74 Å². The molecule has 2 aromatic rings. The second kappa shape index (κ2) is 8.78. The van der Waals surface area contributed by atoms with Crippen LogP contribution in [0.3, 0.4) is 0 Å². The number of esters is 1. The molecule has 9 heteroatoms. The fraction of sp³-hybridized carbons (Fsp3) is 0.348. The summed E-state index contributed by atoms with van der Waals surface area (Å²) in [4.78, 5) is 58.5. The Balaban J connectivity index is 1.44. The number of carbonyl (C=O) groups is 4. The topological polar surface area (TPSA) is 100 Å². The lowest BCUT2D eigenvalue weighted by Crippen LogP contribution is -2.35. The lowest BCUT2D eigenvalue weighted by Gasteiger charge is -2.23. The Labute approximate surface area is 185 Å². The summed E-state index contributed by atoms with van der Waals surface area (Å²) >= 11 is 0. The van der Waals surface area contributed by atoms with Gasteiger partial charge in [0.15, 0.2) is 0 Å². The van der Waals surface area contributed by atoms with Crippen molar-refractivity contribution in [3.63, 3.8) is 0 Å². The van der Waals surface area contributed by atoms with Gasteiger partial charge in [-0.2, -0.15) is 0 Å². The molecule has 32 heavy (non-hydrogen) atoms. The Morgan fingerprint density at radius 2 is 1.72 bits per heavy atom. The molecule has 1 fully saturated rings. The quantitative estimate of drug-likeness (QED) is 0.533. The van der Waals surface area contributed by atoms with Crippen LogP contribution in [-0.4, -0.2) is 78.3 Å². The van der Waals surface area contributed by atoms with E-state index in [1.165, 1.54) is 19.3 Å². The SMILES string of the molecule is CCOC(=O)c1ccc(N2CCCN(C(=O)c3ccc4c(c3)C(=O)N(C)C4=O)CC2)nc1. The highest BCUT2D eigenvalue weighted by atomic mass is 16.5. The van der Waals surface area contributed by atoms with Gasteiger partial charge < -0.3 is 14.5 Å². The van der Waals surface area contributed by atoms with Gasteiger partial charge >= 0.3 is 5.97 Å². The standard InChI is InChI=1S/C23H24N4O5/c1-3-32-23(31)16-6-8-19(24-14-16)26-9-4-10-27(12-11-26)20(28)15-5-7-17-18(13-15)22(30)25(2)21(17)29/h5-8,13-14H,3-4,9-12H2,1-2H3. The van der Waals surface area contributed by atoms with Gasteiger partial charge in [0.25, 0.3) is 17.7 Å². The molecule has 3 amide bonds. The van der Waals surface area contributed by atoms with Gasteiger partial charge in [0.2, 0.25) is 0 Å². The number of anilines is 1. The molecule has 4 rings (SSSR count). The van der Waals surface area contributed by atoms with Crippen molar-refractivity contribution in [1.29, 1.82) is 0 Å². The molecule has 0 bridgehead atoms. The van der Waals surface area contributed by atoms with Gasteiger partial charge in [0.1, 0.15) is 5.82 Å². The Morgan fingerprint density at radius 3 is 2.44 bits per heavy atom. The number of aromatic nitrogens is 1. The first-order valence-corrected chi connectivity index (χ1v) is 10.5. The van der Waals surface area contributed by atoms with Crippen LogP contribution >= 0.6 is 0 Å². The third kappa shape index (κ3) is 3.93. The van der Waals surface area contributed by atoms with Crippen molar-refractivity contribution in [1.82, 2.24) is 14.8 Å². The third-order valence-electron chi connectivity index (χ3n) is 5.70. The number of hydrogen-bond donors (Lipinski definition) is 0. The number of hydrogen-bond acceptors (Lipinski definition) is 7. The van der Waals surface area contributed by atoms with Crippen molar-refractivity contribution in [3.05, 3.63) is 58.8 Å². The van der Waals surface area contributed by atoms with Crippen molar-refractivity contribution in [2.75, 3.05) is 44.7 Å². The third-order valence-corrected chi connectivity index (χ3v) is 5.70. The molecule has 3 heterocycles. The molecule has 166 valence electrons. The summed E-state index contributed by atoms with van der Waals surface area (Å²) < 4.78 is 4.98. The minimum Gasteiger partial charge on any atom is -0.462 e. The molecule has 9 nitrogen and oxygen atoms in total. The second-order valence-corrected chi connectivity index (χ2v) is 7.69. The zero-order valence-electron chi connectivity index (χ0n) is 18.0. The summed E-state index contributed by atoms with van der Waals surface area (Å²) in [5, 5.41) is 0. The molecule has 2 aliphatic heterocycles. The van der Waals surface area contributed by atoms with Crippen LogP contribution in [0.25, 0.3) is 0 Å². The van der Waals surface area contributed by atoms with Crippen LogP contribution in [0.5, 0.6) is 0 Å². The van der Waals surface area contributed by atoms with E-state index in [-0.39, 0.29) is 23.3 Å². The van der Waals surface area contributed by atoms with Gasteiger partial charge in [-0.3, -0.25) is 19.3 Å². The first-order valence-electron chi connectivity index (χ1n) is 10.5. The van der Waals surface area contributed by atoms with E-state index in [2.05, 4.69) is 9.88 Å². The maximum absolute atomic E-state index is 13.1. The lowest BCUT2D eigenvalue weighted by molar-refractivity contribution is 0.0524. The van der Waals surface area contributed by atoms with Crippen LogP contribution in [0, 0.1) is 0 Å². The number of nitrogens with zero attached hydrogens (tertiary/aromatic N) is 4. The van der Waals surface area contributed by atoms with Gasteiger partial charge in [-0.05, 0) is 43.7 Å². The number of amides is 3. The van der Waals surface area contributed by atoms with Gasteiger partial charge in [-0.1, -0.05) is 0 Å². The summed E-state index contributed by atoms with van der Waals surface area (Å²) in [7, 11) is 1.43. The minimum absolute atomic E-state index is 0.171. The molecule has 1 aromatic carbocycles. The summed E-state index contributed by atoms with van der Waals surface area (Å²) in [5.74, 6) is -0.582. The predicted octanol–water partition coefficient (Wildman–Crippen LogP) is 1.84. The molecule has 0 spiro atoms. The highest BCUT2D eigenvalue weighted by Gasteiger charge is 2.33. The largest absolute Gasteiger partial charge is 0.462 e. The number of pyridine rings is 1. The molecule has 0 atom stereocenters. The number of imide groups is 1. The van der Waals surface area contributed by atoms with Gasteiger partial charge in [-0.25, -0.2) is 9.78 Å². The van der Waals surface area contributed by atoms with Crippen LogP contribution in [0.1, 0.15) is 54.8 Å². The number of ether oxygens (including phenoxy) is 1. The highest BCUT2D eigenvalue weighted by Crippen LogP contribution is 2.24. The van der Waals surface area contributed by atoms with Crippen LogP contribution < -0.4 is 4.90 Å². The summed E-state index contributed by atoms with van der Waals surface area (Å²) in [6, 6.07) is 8.13. The molecule has 2 aliphatic rings. The van der Waals surface area contributed by atoms with E-state index in [4.69, 9.17) is 4.74 Å². The monoisotopic (exact) mass is 436 g/mol. The molecule has 0 radical (unpaired) electrons. The fourth-order valence-corrected chi connectivity index (χ4v) is 3.93. The van der Waals surface area contributed by atoms with E-state index in [0.717, 1.165) is 23.7 Å². The Morgan fingerprint density at radius 1 is 0.969 bits per heavy atom. The van der Waals surface area contributed by atoms with Gasteiger partial charge in [-0.15, -0.1) is 0 Å². The first-order chi connectivity index (χ1) is 15.4. The van der Waals surface area contributed by atoms with Crippen molar-refractivity contribution in [3.8, 4) is 0 Å². The smallest absolute Gasteiger partial charge is 0.339 e. The van der Waals surface area contributed by atoms with Crippen LogP contribution in [0.4, 0.5) is 5.82 Å². The molecule has 0 saturated carbocycles.